The Morgan fingerprint density at radius 2 is 1.59 bits per heavy atom. The largest absolute Gasteiger partial charge is 0.352 e. The molecule has 1 aliphatic carbocycles. The third-order valence-corrected chi connectivity index (χ3v) is 8.94. The predicted octanol–water partition coefficient (Wildman–Crippen LogP) is 7.97. The van der Waals surface area contributed by atoms with Crippen LogP contribution in [0.1, 0.15) is 48.8 Å². The number of carbonyl (C=O) groups excluding carboxylic acids is 2. The fourth-order valence-electron chi connectivity index (χ4n) is 4.88. The molecule has 8 heteroatoms. The Labute approximate surface area is 250 Å². The van der Waals surface area contributed by atoms with Crippen LogP contribution < -0.4 is 5.32 Å². The third kappa shape index (κ3) is 8.91. The Morgan fingerprint density at radius 1 is 0.872 bits per heavy atom. The van der Waals surface area contributed by atoms with Gasteiger partial charge in [0.05, 0.1) is 5.75 Å². The lowest BCUT2D eigenvalue weighted by Crippen LogP contribution is -2.53. The molecule has 1 atom stereocenters. The molecule has 2 amide bonds. The maximum Gasteiger partial charge on any atom is 0.243 e. The molecule has 3 aromatic carbocycles. The molecule has 1 saturated carbocycles. The van der Waals surface area contributed by atoms with Gasteiger partial charge in [-0.15, -0.1) is 11.8 Å². The summed E-state index contributed by atoms with van der Waals surface area (Å²) in [6, 6.07) is 22.2. The maximum absolute atomic E-state index is 13.9. The van der Waals surface area contributed by atoms with Crippen molar-refractivity contribution in [2.75, 3.05) is 5.75 Å². The number of amides is 2. The van der Waals surface area contributed by atoms with Crippen LogP contribution in [0, 0.1) is 0 Å². The summed E-state index contributed by atoms with van der Waals surface area (Å²) >= 11 is 20.5. The van der Waals surface area contributed by atoms with Crippen LogP contribution in [0.15, 0.2) is 72.8 Å². The molecule has 1 unspecified atom stereocenters. The number of hydrogen-bond donors (Lipinski definition) is 1. The van der Waals surface area contributed by atoms with Gasteiger partial charge in [-0.3, -0.25) is 9.59 Å². The second-order valence-electron chi connectivity index (χ2n) is 9.89. The molecule has 3 aromatic rings. The fraction of sp³-hybridized carbons (Fsp3) is 0.355. The average molecular weight is 604 g/mol. The second kappa shape index (κ2) is 15.0. The standard InChI is InChI=1S/C31H33Cl3N2O2S/c32-25-16-15-23(28(34)18-25)19-36(30(37)21-39-20-24-11-7-8-14-27(24)33)29(17-22-9-3-1-4-10-22)31(38)35-26-12-5-2-6-13-26/h1,3-4,7-11,14-16,18,26,29H,2,5-6,12-13,17,19-21H2,(H,35,38). The summed E-state index contributed by atoms with van der Waals surface area (Å²) < 4.78 is 0. The van der Waals surface area contributed by atoms with E-state index in [2.05, 4.69) is 5.32 Å². The van der Waals surface area contributed by atoms with Crippen LogP contribution in [0.4, 0.5) is 0 Å². The van der Waals surface area contributed by atoms with Gasteiger partial charge >= 0.3 is 0 Å². The van der Waals surface area contributed by atoms with Crippen LogP contribution in [0.2, 0.25) is 15.1 Å². The van der Waals surface area contributed by atoms with Crippen molar-refractivity contribution in [2.24, 2.45) is 0 Å². The lowest BCUT2D eigenvalue weighted by atomic mass is 9.94. The van der Waals surface area contributed by atoms with Crippen molar-refractivity contribution in [3.8, 4) is 0 Å². The smallest absolute Gasteiger partial charge is 0.243 e. The zero-order valence-electron chi connectivity index (χ0n) is 21.8. The zero-order chi connectivity index (χ0) is 27.6. The van der Waals surface area contributed by atoms with Crippen molar-refractivity contribution in [3.05, 3.63) is 105 Å². The molecule has 1 fully saturated rings. The normalized spacial score (nSPS) is 14.5. The molecule has 4 rings (SSSR count). The van der Waals surface area contributed by atoms with E-state index < -0.39 is 6.04 Å². The number of carbonyl (C=O) groups is 2. The molecule has 0 bridgehead atoms. The average Bonchev–Trinajstić information content (AvgIpc) is 2.94. The van der Waals surface area contributed by atoms with Gasteiger partial charge in [0, 0.05) is 39.8 Å². The topological polar surface area (TPSA) is 49.4 Å². The highest BCUT2D eigenvalue weighted by Crippen LogP contribution is 2.26. The highest BCUT2D eigenvalue weighted by molar-refractivity contribution is 7.99. The molecule has 39 heavy (non-hydrogen) atoms. The Kier molecular flexibility index (Phi) is 11.5. The Hall–Kier alpha value is -2.18. The molecule has 0 radical (unpaired) electrons. The number of halogens is 3. The van der Waals surface area contributed by atoms with E-state index >= 15 is 0 Å². The number of nitrogens with one attached hydrogen (secondary N) is 1. The van der Waals surface area contributed by atoms with Gasteiger partial charge in [0.15, 0.2) is 0 Å². The summed E-state index contributed by atoms with van der Waals surface area (Å²) in [6.07, 6.45) is 5.75. The number of hydrogen-bond acceptors (Lipinski definition) is 3. The van der Waals surface area contributed by atoms with Gasteiger partial charge < -0.3 is 10.2 Å². The second-order valence-corrected chi connectivity index (χ2v) is 12.1. The van der Waals surface area contributed by atoms with Crippen LogP contribution in [0.25, 0.3) is 0 Å². The molecule has 0 spiro atoms. The molecular formula is C31H33Cl3N2O2S. The summed E-state index contributed by atoms with van der Waals surface area (Å²) in [7, 11) is 0. The first-order valence-electron chi connectivity index (χ1n) is 13.3. The fourth-order valence-corrected chi connectivity index (χ4v) is 6.54. The van der Waals surface area contributed by atoms with Crippen molar-refractivity contribution in [1.29, 1.82) is 0 Å². The highest BCUT2D eigenvalue weighted by atomic mass is 35.5. The lowest BCUT2D eigenvalue weighted by Gasteiger charge is -2.33. The molecule has 4 nitrogen and oxygen atoms in total. The first kappa shape index (κ1) is 29.8. The zero-order valence-corrected chi connectivity index (χ0v) is 24.8. The van der Waals surface area contributed by atoms with Crippen LogP contribution in [0.5, 0.6) is 0 Å². The van der Waals surface area contributed by atoms with Gasteiger partial charge in [0.2, 0.25) is 11.8 Å². The Bertz CT molecular complexity index is 1250. The minimum absolute atomic E-state index is 0.125. The van der Waals surface area contributed by atoms with E-state index in [9.17, 15) is 9.59 Å². The van der Waals surface area contributed by atoms with Crippen molar-refractivity contribution >= 4 is 58.4 Å². The molecule has 206 valence electrons. The van der Waals surface area contributed by atoms with Crippen LogP contribution in [-0.2, 0) is 28.3 Å². The number of benzene rings is 3. The summed E-state index contributed by atoms with van der Waals surface area (Å²) in [5, 5.41) is 4.93. The van der Waals surface area contributed by atoms with E-state index in [1.54, 1.807) is 17.0 Å². The van der Waals surface area contributed by atoms with E-state index in [1.807, 2.05) is 60.7 Å². The lowest BCUT2D eigenvalue weighted by molar-refractivity contribution is -0.139. The molecule has 1 N–H and O–H groups in total. The first-order valence-corrected chi connectivity index (χ1v) is 15.6. The third-order valence-electron chi connectivity index (χ3n) is 7.02. The highest BCUT2D eigenvalue weighted by Gasteiger charge is 2.32. The van der Waals surface area contributed by atoms with Crippen molar-refractivity contribution in [2.45, 2.75) is 62.9 Å². The van der Waals surface area contributed by atoms with Gasteiger partial charge in [0.1, 0.15) is 6.04 Å². The monoisotopic (exact) mass is 602 g/mol. The SMILES string of the molecule is O=C(NC1CCCCC1)C(Cc1ccccc1)N(Cc1ccc(Cl)cc1Cl)C(=O)CSCc1ccccc1Cl. The predicted molar refractivity (Wildman–Crippen MR) is 164 cm³/mol. The maximum atomic E-state index is 13.9. The van der Waals surface area contributed by atoms with E-state index in [-0.39, 0.29) is 30.2 Å². The van der Waals surface area contributed by atoms with Crippen molar-refractivity contribution in [3.63, 3.8) is 0 Å². The number of rotatable bonds is 11. The molecule has 1 aliphatic rings. The summed E-state index contributed by atoms with van der Waals surface area (Å²) in [4.78, 5) is 29.4. The van der Waals surface area contributed by atoms with Gasteiger partial charge in [0.25, 0.3) is 0 Å². The first-order chi connectivity index (χ1) is 18.9. The van der Waals surface area contributed by atoms with Gasteiger partial charge in [-0.05, 0) is 47.7 Å². The molecule has 0 heterocycles. The van der Waals surface area contributed by atoms with Crippen LogP contribution in [-0.4, -0.2) is 34.6 Å². The van der Waals surface area contributed by atoms with Gasteiger partial charge in [-0.25, -0.2) is 0 Å². The van der Waals surface area contributed by atoms with E-state index in [4.69, 9.17) is 34.8 Å². The van der Waals surface area contributed by atoms with E-state index in [0.29, 0.717) is 27.2 Å². The Balaban J connectivity index is 1.59. The molecule has 0 aromatic heterocycles. The number of thioether (sulfide) groups is 1. The van der Waals surface area contributed by atoms with Crippen LogP contribution >= 0.6 is 46.6 Å². The molecular weight excluding hydrogens is 571 g/mol. The van der Waals surface area contributed by atoms with Gasteiger partial charge in [-0.1, -0.05) is 109 Å². The minimum atomic E-state index is -0.686. The van der Waals surface area contributed by atoms with Crippen molar-refractivity contribution < 1.29 is 9.59 Å². The Morgan fingerprint density at radius 3 is 2.31 bits per heavy atom. The van der Waals surface area contributed by atoms with Crippen molar-refractivity contribution in [1.82, 2.24) is 10.2 Å². The molecule has 0 saturated heterocycles. The minimum Gasteiger partial charge on any atom is -0.352 e. The van der Waals surface area contributed by atoms with Gasteiger partial charge in [-0.2, -0.15) is 0 Å². The van der Waals surface area contributed by atoms with E-state index in [1.165, 1.54) is 18.2 Å². The van der Waals surface area contributed by atoms with E-state index in [0.717, 1.165) is 42.4 Å². The summed E-state index contributed by atoms with van der Waals surface area (Å²) in [5.74, 6) is 0.551. The summed E-state index contributed by atoms with van der Waals surface area (Å²) in [6.45, 7) is 0.205. The number of nitrogens with zero attached hydrogens (tertiary/aromatic N) is 1. The van der Waals surface area contributed by atoms with Crippen LogP contribution in [0.3, 0.4) is 0 Å². The summed E-state index contributed by atoms with van der Waals surface area (Å²) in [5.41, 5.74) is 2.71. The molecule has 0 aliphatic heterocycles. The quantitative estimate of drug-likeness (QED) is 0.242.